The molecule has 3 rings (SSSR count). The fourth-order valence-electron chi connectivity index (χ4n) is 1.97. The van der Waals surface area contributed by atoms with Crippen molar-refractivity contribution in [3.8, 4) is 0 Å². The minimum Gasteiger partial charge on any atom is -0.356 e. The maximum absolute atomic E-state index is 5.80. The van der Waals surface area contributed by atoms with Gasteiger partial charge in [0.1, 0.15) is 0 Å². The Morgan fingerprint density at radius 2 is 1.94 bits per heavy atom. The van der Waals surface area contributed by atoms with Crippen molar-refractivity contribution in [1.29, 1.82) is 0 Å². The molecule has 0 fully saturated rings. The van der Waals surface area contributed by atoms with Crippen molar-refractivity contribution >= 4 is 21.6 Å². The van der Waals surface area contributed by atoms with Gasteiger partial charge in [-0.3, -0.25) is 0 Å². The summed E-state index contributed by atoms with van der Waals surface area (Å²) in [5.41, 5.74) is 3.48. The van der Waals surface area contributed by atoms with Crippen molar-refractivity contribution < 1.29 is 4.74 Å². The highest BCUT2D eigenvalue weighted by atomic mass is 79.9. The molecular weight excluding hydrogens is 278 g/mol. The molecule has 0 aliphatic carbocycles. The molecule has 1 atom stereocenters. The molecule has 1 aliphatic heterocycles. The fraction of sp³-hybridized carbons (Fsp3) is 0.143. The molecule has 0 aromatic heterocycles. The van der Waals surface area contributed by atoms with Crippen LogP contribution in [-0.2, 0) is 11.3 Å². The largest absolute Gasteiger partial charge is 0.356 e. The Kier molecular flexibility index (Phi) is 2.87. The molecule has 0 unspecified atom stereocenters. The highest BCUT2D eigenvalue weighted by Crippen LogP contribution is 2.32. The Bertz CT molecular complexity index is 527. The Labute approximate surface area is 109 Å². The average Bonchev–Trinajstić information content (AvgIpc) is 2.39. The molecule has 3 heteroatoms. The third-order valence-electron chi connectivity index (χ3n) is 2.87. The topological polar surface area (TPSA) is 21.3 Å². The fourth-order valence-corrected chi connectivity index (χ4v) is 2.33. The van der Waals surface area contributed by atoms with Crippen LogP contribution >= 0.6 is 15.9 Å². The molecule has 0 amide bonds. The van der Waals surface area contributed by atoms with Crippen molar-refractivity contribution in [2.75, 3.05) is 5.32 Å². The normalized spacial score (nSPS) is 18.3. The summed E-state index contributed by atoms with van der Waals surface area (Å²) >= 11 is 3.49. The first kappa shape index (κ1) is 10.8. The number of benzene rings is 2. The van der Waals surface area contributed by atoms with E-state index in [1.165, 1.54) is 5.56 Å². The number of halogens is 1. The third-order valence-corrected chi connectivity index (χ3v) is 3.36. The van der Waals surface area contributed by atoms with Crippen molar-refractivity contribution in [3.63, 3.8) is 0 Å². The van der Waals surface area contributed by atoms with E-state index in [2.05, 4.69) is 45.5 Å². The molecule has 0 saturated carbocycles. The molecule has 2 aromatic rings. The van der Waals surface area contributed by atoms with Crippen LogP contribution in [0.4, 0.5) is 5.69 Å². The monoisotopic (exact) mass is 289 g/mol. The van der Waals surface area contributed by atoms with Crippen LogP contribution in [0.1, 0.15) is 17.4 Å². The SMILES string of the molecule is Brc1ccc2c(c1)N[C@@H](c1ccccc1)OC2. The number of ether oxygens (including phenoxy) is 1. The predicted octanol–water partition coefficient (Wildman–Crippen LogP) is 4.09. The lowest BCUT2D eigenvalue weighted by atomic mass is 10.1. The van der Waals surface area contributed by atoms with E-state index in [9.17, 15) is 0 Å². The number of nitrogens with one attached hydrogen (secondary N) is 1. The van der Waals surface area contributed by atoms with E-state index in [0.29, 0.717) is 6.61 Å². The Morgan fingerprint density at radius 3 is 2.76 bits per heavy atom. The average molecular weight is 290 g/mol. The second-order valence-electron chi connectivity index (χ2n) is 4.05. The molecule has 2 nitrogen and oxygen atoms in total. The first-order chi connectivity index (χ1) is 8.33. The van der Waals surface area contributed by atoms with E-state index in [-0.39, 0.29) is 6.23 Å². The quantitative estimate of drug-likeness (QED) is 0.854. The zero-order valence-corrected chi connectivity index (χ0v) is 10.8. The van der Waals surface area contributed by atoms with Crippen LogP contribution < -0.4 is 5.32 Å². The minimum absolute atomic E-state index is 0.0574. The van der Waals surface area contributed by atoms with Crippen LogP contribution in [0, 0.1) is 0 Å². The van der Waals surface area contributed by atoms with Gasteiger partial charge in [-0.1, -0.05) is 52.3 Å². The van der Waals surface area contributed by atoms with Gasteiger partial charge in [-0.2, -0.15) is 0 Å². The molecular formula is C14H12BrNO. The summed E-state index contributed by atoms with van der Waals surface area (Å²) in [6.07, 6.45) is -0.0574. The van der Waals surface area contributed by atoms with E-state index in [1.807, 2.05) is 24.3 Å². The van der Waals surface area contributed by atoms with Crippen LogP contribution in [0.25, 0.3) is 0 Å². The van der Waals surface area contributed by atoms with Crippen LogP contribution in [0.3, 0.4) is 0 Å². The van der Waals surface area contributed by atoms with Gasteiger partial charge in [0.15, 0.2) is 6.23 Å². The second-order valence-corrected chi connectivity index (χ2v) is 4.96. The van der Waals surface area contributed by atoms with Gasteiger partial charge in [0, 0.05) is 21.3 Å². The molecule has 0 radical (unpaired) electrons. The van der Waals surface area contributed by atoms with Gasteiger partial charge in [-0.05, 0) is 12.1 Å². The summed E-state index contributed by atoms with van der Waals surface area (Å²) in [4.78, 5) is 0. The summed E-state index contributed by atoms with van der Waals surface area (Å²) in [6.45, 7) is 0.648. The van der Waals surface area contributed by atoms with Gasteiger partial charge < -0.3 is 10.1 Å². The maximum atomic E-state index is 5.80. The summed E-state index contributed by atoms with van der Waals surface area (Å²) in [6, 6.07) is 16.4. The van der Waals surface area contributed by atoms with Gasteiger partial charge in [0.25, 0.3) is 0 Å². The number of hydrogen-bond donors (Lipinski definition) is 1. The lowest BCUT2D eigenvalue weighted by Crippen LogP contribution is -2.20. The van der Waals surface area contributed by atoms with Crippen molar-refractivity contribution in [2.24, 2.45) is 0 Å². The molecule has 0 saturated heterocycles. The zero-order chi connectivity index (χ0) is 11.7. The van der Waals surface area contributed by atoms with Gasteiger partial charge in [0.05, 0.1) is 6.61 Å². The molecule has 1 aliphatic rings. The lowest BCUT2D eigenvalue weighted by molar-refractivity contribution is 0.0507. The van der Waals surface area contributed by atoms with Gasteiger partial charge >= 0.3 is 0 Å². The number of fused-ring (bicyclic) bond motifs is 1. The molecule has 1 N–H and O–H groups in total. The smallest absolute Gasteiger partial charge is 0.154 e. The number of hydrogen-bond acceptors (Lipinski definition) is 2. The second kappa shape index (κ2) is 4.51. The first-order valence-corrected chi connectivity index (χ1v) is 6.34. The summed E-state index contributed by atoms with van der Waals surface area (Å²) in [5.74, 6) is 0. The maximum Gasteiger partial charge on any atom is 0.154 e. The number of anilines is 1. The summed E-state index contributed by atoms with van der Waals surface area (Å²) in [7, 11) is 0. The third kappa shape index (κ3) is 2.21. The van der Waals surface area contributed by atoms with Crippen LogP contribution in [0.5, 0.6) is 0 Å². The highest BCUT2D eigenvalue weighted by Gasteiger charge is 2.19. The van der Waals surface area contributed by atoms with Gasteiger partial charge in [0.2, 0.25) is 0 Å². The standard InChI is InChI=1S/C14H12BrNO/c15-12-7-6-11-9-17-14(16-13(11)8-12)10-4-2-1-3-5-10/h1-8,14,16H,9H2/t14-/m1/s1. The minimum atomic E-state index is -0.0574. The van der Waals surface area contributed by atoms with E-state index >= 15 is 0 Å². The van der Waals surface area contributed by atoms with E-state index < -0.39 is 0 Å². The zero-order valence-electron chi connectivity index (χ0n) is 9.19. The van der Waals surface area contributed by atoms with Crippen molar-refractivity contribution in [3.05, 3.63) is 64.1 Å². The van der Waals surface area contributed by atoms with Crippen LogP contribution in [0.15, 0.2) is 53.0 Å². The molecule has 1 heterocycles. The van der Waals surface area contributed by atoms with Crippen molar-refractivity contribution in [2.45, 2.75) is 12.8 Å². The molecule has 0 bridgehead atoms. The van der Waals surface area contributed by atoms with E-state index in [4.69, 9.17) is 4.74 Å². The predicted molar refractivity (Wildman–Crippen MR) is 71.7 cm³/mol. The number of rotatable bonds is 1. The van der Waals surface area contributed by atoms with Crippen LogP contribution in [0.2, 0.25) is 0 Å². The molecule has 2 aromatic carbocycles. The van der Waals surface area contributed by atoms with Gasteiger partial charge in [-0.15, -0.1) is 0 Å². The van der Waals surface area contributed by atoms with Crippen molar-refractivity contribution in [1.82, 2.24) is 0 Å². The van der Waals surface area contributed by atoms with Crippen LogP contribution in [-0.4, -0.2) is 0 Å². The molecule has 0 spiro atoms. The van der Waals surface area contributed by atoms with E-state index in [0.717, 1.165) is 15.7 Å². The molecule has 86 valence electrons. The Balaban J connectivity index is 1.90. The first-order valence-electron chi connectivity index (χ1n) is 5.54. The molecule has 17 heavy (non-hydrogen) atoms. The Hall–Kier alpha value is -1.32. The Morgan fingerprint density at radius 1 is 1.12 bits per heavy atom. The summed E-state index contributed by atoms with van der Waals surface area (Å²) in [5, 5.41) is 3.40. The summed E-state index contributed by atoms with van der Waals surface area (Å²) < 4.78 is 6.88. The van der Waals surface area contributed by atoms with E-state index in [1.54, 1.807) is 0 Å². The van der Waals surface area contributed by atoms with Gasteiger partial charge in [-0.25, -0.2) is 0 Å². The highest BCUT2D eigenvalue weighted by molar-refractivity contribution is 9.10. The lowest BCUT2D eigenvalue weighted by Gasteiger charge is -2.27.